The van der Waals surface area contributed by atoms with Crippen molar-refractivity contribution in [2.24, 2.45) is 5.73 Å². The predicted molar refractivity (Wildman–Crippen MR) is 132 cm³/mol. The average molecular weight is 545 g/mol. The lowest BCUT2D eigenvalue weighted by molar-refractivity contribution is -0.111. The zero-order valence-corrected chi connectivity index (χ0v) is 20.9. The molecule has 2 atom stereocenters. The number of carbonyl (C=O) groups excluding carboxylic acids is 6. The number of hydrogen-bond acceptors (Lipinski definition) is 12. The number of rotatable bonds is 0. The lowest BCUT2D eigenvalue weighted by Gasteiger charge is -2.29. The molecule has 0 aromatic heterocycles. The molecule has 5 N–H and O–H groups in total. The van der Waals surface area contributed by atoms with Crippen LogP contribution in [0, 0.1) is 0 Å². The van der Waals surface area contributed by atoms with E-state index in [2.05, 4.69) is 0 Å². The van der Waals surface area contributed by atoms with Gasteiger partial charge in [-0.15, -0.1) is 0 Å². The fourth-order valence-electron chi connectivity index (χ4n) is 5.69. The molecule has 202 valence electrons. The zero-order chi connectivity index (χ0) is 28.9. The Hall–Kier alpha value is -5.26. The van der Waals surface area contributed by atoms with Crippen LogP contribution in [0.15, 0.2) is 29.0 Å². The molecule has 0 saturated carbocycles. The highest BCUT2D eigenvalue weighted by Crippen LogP contribution is 2.44. The Morgan fingerprint density at radius 2 is 1.10 bits per heavy atom. The molecule has 0 radical (unpaired) electrons. The van der Waals surface area contributed by atoms with Crippen LogP contribution in [0.4, 0.5) is 0 Å². The van der Waals surface area contributed by atoms with Crippen molar-refractivity contribution in [3.63, 3.8) is 0 Å². The largest absolute Gasteiger partial charge is 0.506 e. The average Bonchev–Trinajstić information content (AvgIpc) is 2.86. The number of phenolic OH excluding ortho intramolecular Hbond substituents is 2. The van der Waals surface area contributed by atoms with E-state index in [0.29, 0.717) is 0 Å². The van der Waals surface area contributed by atoms with Crippen molar-refractivity contribution in [3.8, 4) is 11.5 Å². The van der Waals surface area contributed by atoms with Crippen molar-refractivity contribution >= 4 is 40.8 Å². The summed E-state index contributed by atoms with van der Waals surface area (Å²) in [7, 11) is 0. The number of fused-ring (bicyclic) bond motifs is 4. The summed E-state index contributed by atoms with van der Waals surface area (Å²) in [6.07, 6.45) is -0.883. The predicted octanol–water partition coefficient (Wildman–Crippen LogP) is 1.63. The Kier molecular flexibility index (Phi) is 5.08. The summed E-state index contributed by atoms with van der Waals surface area (Å²) in [6, 6.07) is 2.43. The Morgan fingerprint density at radius 1 is 0.650 bits per heavy atom. The first-order chi connectivity index (χ1) is 18.8. The van der Waals surface area contributed by atoms with Crippen LogP contribution in [0.25, 0.3) is 5.76 Å². The second-order valence-corrected chi connectivity index (χ2v) is 10.0. The summed E-state index contributed by atoms with van der Waals surface area (Å²) in [6.45, 7) is 3.19. The molecule has 2 aliphatic heterocycles. The molecule has 2 aromatic carbocycles. The molecule has 4 aliphatic rings. The van der Waals surface area contributed by atoms with Crippen LogP contribution < -0.4 is 5.73 Å². The minimum atomic E-state index is -1.45. The van der Waals surface area contributed by atoms with Crippen LogP contribution in [-0.2, 0) is 27.1 Å². The number of benzene rings is 2. The number of cyclic esters (lactones) is 2. The Balaban J connectivity index is 1.61. The normalized spacial score (nSPS) is 23.8. The Morgan fingerprint density at radius 3 is 1.62 bits per heavy atom. The van der Waals surface area contributed by atoms with Crippen molar-refractivity contribution < 1.29 is 53.6 Å². The van der Waals surface area contributed by atoms with Gasteiger partial charge in [-0.25, -0.2) is 9.59 Å². The van der Waals surface area contributed by atoms with Gasteiger partial charge < -0.3 is 30.5 Å². The number of ether oxygens (including phenoxy) is 2. The molecule has 0 saturated heterocycles. The first-order valence-corrected chi connectivity index (χ1v) is 12.1. The quantitative estimate of drug-likeness (QED) is 0.161. The van der Waals surface area contributed by atoms with E-state index >= 15 is 0 Å². The van der Waals surface area contributed by atoms with Gasteiger partial charge in [-0.2, -0.15) is 0 Å². The standard InChI is InChI=1S/C28H19NO11/c1-7-3-9-5-11-15(22(32)13(9)27(37)39-7)24(34)17(19(29)20(11)30)18-25(35)16-12(21(31)26(18)36)6-10-4-8(2)40-28(38)14(10)23(16)33/h5-8,30,32-33H,3-4,29H2,1-2H3/b18-17-/t7-,8-/m1/s1. The van der Waals surface area contributed by atoms with Gasteiger partial charge in [-0.05, 0) is 37.1 Å². The highest BCUT2D eigenvalue weighted by Gasteiger charge is 2.47. The third kappa shape index (κ3) is 3.12. The molecule has 0 unspecified atom stereocenters. The van der Waals surface area contributed by atoms with E-state index in [0.717, 1.165) is 6.07 Å². The monoisotopic (exact) mass is 545 g/mol. The molecule has 0 bridgehead atoms. The summed E-state index contributed by atoms with van der Waals surface area (Å²) >= 11 is 0. The first kappa shape index (κ1) is 25.0. The number of aliphatic hydroxyl groups excluding tert-OH is 1. The van der Waals surface area contributed by atoms with Crippen LogP contribution in [0.3, 0.4) is 0 Å². The van der Waals surface area contributed by atoms with E-state index in [1.165, 1.54) is 6.07 Å². The third-order valence-corrected chi connectivity index (χ3v) is 7.42. The van der Waals surface area contributed by atoms with Gasteiger partial charge >= 0.3 is 11.9 Å². The van der Waals surface area contributed by atoms with Crippen molar-refractivity contribution in [1.82, 2.24) is 0 Å². The molecule has 0 fully saturated rings. The highest BCUT2D eigenvalue weighted by atomic mass is 16.5. The van der Waals surface area contributed by atoms with E-state index in [1.54, 1.807) is 13.8 Å². The van der Waals surface area contributed by atoms with Crippen LogP contribution in [-0.4, -0.2) is 62.6 Å². The van der Waals surface area contributed by atoms with Gasteiger partial charge in [0.25, 0.3) is 0 Å². The number of Topliss-reactive ketones (excluding diaryl/α,β-unsaturated/α-hetero) is 4. The number of ketones is 4. The number of allylic oxidation sites excluding steroid dienone is 2. The maximum atomic E-state index is 13.7. The minimum Gasteiger partial charge on any atom is -0.506 e. The van der Waals surface area contributed by atoms with Crippen molar-refractivity contribution in [2.75, 3.05) is 0 Å². The van der Waals surface area contributed by atoms with E-state index < -0.39 is 98.1 Å². The number of carbonyl (C=O) groups is 6. The zero-order valence-electron chi connectivity index (χ0n) is 20.9. The van der Waals surface area contributed by atoms with Crippen molar-refractivity contribution in [3.05, 3.63) is 73.5 Å². The van der Waals surface area contributed by atoms with Crippen LogP contribution >= 0.6 is 0 Å². The molecule has 2 aliphatic carbocycles. The smallest absolute Gasteiger partial charge is 0.342 e. The highest BCUT2D eigenvalue weighted by molar-refractivity contribution is 6.61. The van der Waals surface area contributed by atoms with Gasteiger partial charge in [0, 0.05) is 24.0 Å². The molecule has 0 amide bonds. The molecule has 12 nitrogen and oxygen atoms in total. The fourth-order valence-corrected chi connectivity index (χ4v) is 5.69. The third-order valence-electron chi connectivity index (χ3n) is 7.42. The number of aromatic hydroxyl groups is 2. The van der Waals surface area contributed by atoms with Gasteiger partial charge in [0.15, 0.2) is 0 Å². The maximum Gasteiger partial charge on any atom is 0.342 e. The Labute approximate surface area is 224 Å². The van der Waals surface area contributed by atoms with Gasteiger partial charge in [-0.3, -0.25) is 19.2 Å². The summed E-state index contributed by atoms with van der Waals surface area (Å²) in [4.78, 5) is 78.8. The van der Waals surface area contributed by atoms with E-state index in [4.69, 9.17) is 15.2 Å². The van der Waals surface area contributed by atoms with Crippen LogP contribution in [0.1, 0.15) is 82.3 Å². The molecule has 12 heteroatoms. The van der Waals surface area contributed by atoms with Gasteiger partial charge in [0.05, 0.1) is 28.0 Å². The van der Waals surface area contributed by atoms with Crippen molar-refractivity contribution in [2.45, 2.75) is 38.9 Å². The second-order valence-electron chi connectivity index (χ2n) is 10.0. The SMILES string of the molecule is C[C@@H]1Cc2cc3c(c(O)c2C(=O)O1)C(=O)/C(=C1/C(=O)c2c(cc4c(c2O)C(=O)O[C@H](C)C4)C(O)=C1N)C(=O)C3=O. The Bertz CT molecular complexity index is 1770. The molecular weight excluding hydrogens is 526 g/mol. The molecule has 2 aromatic rings. The summed E-state index contributed by atoms with van der Waals surface area (Å²) in [5, 5.41) is 32.8. The van der Waals surface area contributed by atoms with Crippen LogP contribution in [0.2, 0.25) is 0 Å². The van der Waals surface area contributed by atoms with Gasteiger partial charge in [0.1, 0.15) is 40.6 Å². The number of esters is 2. The molecule has 40 heavy (non-hydrogen) atoms. The number of hydrogen-bond donors (Lipinski definition) is 4. The minimum absolute atomic E-state index is 0.106. The summed E-state index contributed by atoms with van der Waals surface area (Å²) in [5.74, 6) is -9.67. The summed E-state index contributed by atoms with van der Waals surface area (Å²) < 4.78 is 10.2. The number of phenols is 2. The van der Waals surface area contributed by atoms with Crippen LogP contribution in [0.5, 0.6) is 11.5 Å². The first-order valence-electron chi connectivity index (χ1n) is 12.1. The lowest BCUT2D eigenvalue weighted by atomic mass is 9.75. The van der Waals surface area contributed by atoms with E-state index in [9.17, 15) is 44.1 Å². The molecule has 0 spiro atoms. The lowest BCUT2D eigenvalue weighted by Crippen LogP contribution is -2.36. The molecular formula is C28H19NO11. The van der Waals surface area contributed by atoms with Gasteiger partial charge in [-0.1, -0.05) is 0 Å². The van der Waals surface area contributed by atoms with E-state index in [1.807, 2.05) is 0 Å². The molecule has 6 rings (SSSR count). The number of nitrogens with two attached hydrogens (primary N) is 1. The number of aliphatic hydroxyl groups is 1. The fraction of sp³-hybridized carbons (Fsp3) is 0.214. The van der Waals surface area contributed by atoms with E-state index in [-0.39, 0.29) is 40.7 Å². The second kappa shape index (κ2) is 8.12. The molecule has 2 heterocycles. The van der Waals surface area contributed by atoms with Crippen molar-refractivity contribution in [1.29, 1.82) is 0 Å². The summed E-state index contributed by atoms with van der Waals surface area (Å²) in [5.41, 5.74) is 1.04. The topological polar surface area (TPSA) is 208 Å². The van der Waals surface area contributed by atoms with Gasteiger partial charge in [0.2, 0.25) is 23.1 Å². The maximum absolute atomic E-state index is 13.7.